The van der Waals surface area contributed by atoms with E-state index in [0.29, 0.717) is 19.4 Å². The zero-order chi connectivity index (χ0) is 16.7. The topological polar surface area (TPSA) is 38.3 Å². The molecule has 0 aliphatic carbocycles. The normalized spacial score (nSPS) is 10.4. The van der Waals surface area contributed by atoms with E-state index in [4.69, 9.17) is 4.74 Å². The Bertz CT molecular complexity index is 664. The van der Waals surface area contributed by atoms with E-state index in [-0.39, 0.29) is 5.91 Å². The minimum absolute atomic E-state index is 0.0375. The molecule has 2 rings (SSSR count). The predicted octanol–water partition coefficient (Wildman–Crippen LogP) is 4.66. The van der Waals surface area contributed by atoms with E-state index in [9.17, 15) is 4.79 Å². The Morgan fingerprint density at radius 1 is 1.13 bits per heavy atom. The van der Waals surface area contributed by atoms with Crippen LogP contribution in [0.4, 0.5) is 5.69 Å². The van der Waals surface area contributed by atoms with Gasteiger partial charge in [0, 0.05) is 12.1 Å². The SMILES string of the molecule is CCc1ccccc1NC(=O)CCCOc1cc(C)ccc1C. The summed E-state index contributed by atoms with van der Waals surface area (Å²) in [7, 11) is 0. The number of rotatable bonds is 7. The number of carbonyl (C=O) groups excluding carboxylic acids is 1. The number of carbonyl (C=O) groups is 1. The van der Waals surface area contributed by atoms with E-state index >= 15 is 0 Å². The van der Waals surface area contributed by atoms with Gasteiger partial charge in [0.2, 0.25) is 5.91 Å². The standard InChI is InChI=1S/C20H25NO2/c1-4-17-8-5-6-9-18(17)21-20(22)10-7-13-23-19-14-15(2)11-12-16(19)3/h5-6,8-9,11-12,14H,4,7,10,13H2,1-3H3,(H,21,22). The molecule has 2 aromatic carbocycles. The number of benzene rings is 2. The van der Waals surface area contributed by atoms with Gasteiger partial charge in [0.15, 0.2) is 0 Å². The molecule has 0 radical (unpaired) electrons. The predicted molar refractivity (Wildman–Crippen MR) is 95.1 cm³/mol. The van der Waals surface area contributed by atoms with Gasteiger partial charge in [-0.25, -0.2) is 0 Å². The first kappa shape index (κ1) is 17.1. The van der Waals surface area contributed by atoms with Gasteiger partial charge in [-0.05, 0) is 55.5 Å². The number of nitrogens with one attached hydrogen (secondary N) is 1. The summed E-state index contributed by atoms with van der Waals surface area (Å²) in [5.41, 5.74) is 4.37. The Hall–Kier alpha value is -2.29. The van der Waals surface area contributed by atoms with Crippen molar-refractivity contribution in [3.05, 3.63) is 59.2 Å². The number of anilines is 1. The molecule has 0 bridgehead atoms. The fourth-order valence-corrected chi connectivity index (χ4v) is 2.44. The highest BCUT2D eigenvalue weighted by Gasteiger charge is 2.06. The molecule has 3 nitrogen and oxygen atoms in total. The van der Waals surface area contributed by atoms with E-state index in [1.165, 1.54) is 5.56 Å². The summed E-state index contributed by atoms with van der Waals surface area (Å²) < 4.78 is 5.78. The van der Waals surface area contributed by atoms with E-state index < -0.39 is 0 Å². The van der Waals surface area contributed by atoms with Crippen molar-refractivity contribution in [3.63, 3.8) is 0 Å². The van der Waals surface area contributed by atoms with Crippen molar-refractivity contribution in [2.45, 2.75) is 40.0 Å². The largest absolute Gasteiger partial charge is 0.493 e. The molecule has 0 saturated carbocycles. The highest BCUT2D eigenvalue weighted by Crippen LogP contribution is 2.19. The molecule has 122 valence electrons. The lowest BCUT2D eigenvalue weighted by molar-refractivity contribution is -0.116. The van der Waals surface area contributed by atoms with Crippen molar-refractivity contribution in [2.24, 2.45) is 0 Å². The summed E-state index contributed by atoms with van der Waals surface area (Å²) in [5, 5.41) is 2.99. The third-order valence-electron chi connectivity index (χ3n) is 3.82. The van der Waals surface area contributed by atoms with Crippen LogP contribution >= 0.6 is 0 Å². The van der Waals surface area contributed by atoms with Crippen LogP contribution in [0.2, 0.25) is 0 Å². The second kappa shape index (κ2) is 8.37. The highest BCUT2D eigenvalue weighted by molar-refractivity contribution is 5.91. The molecule has 0 atom stereocenters. The summed E-state index contributed by atoms with van der Waals surface area (Å²) in [4.78, 5) is 12.0. The van der Waals surface area contributed by atoms with Crippen molar-refractivity contribution < 1.29 is 9.53 Å². The number of aryl methyl sites for hydroxylation is 3. The summed E-state index contributed by atoms with van der Waals surface area (Å²) in [6.45, 7) is 6.71. The molecule has 0 spiro atoms. The Morgan fingerprint density at radius 2 is 1.91 bits per heavy atom. The van der Waals surface area contributed by atoms with Crippen molar-refractivity contribution in [3.8, 4) is 5.75 Å². The zero-order valence-electron chi connectivity index (χ0n) is 14.2. The van der Waals surface area contributed by atoms with E-state index in [2.05, 4.69) is 24.4 Å². The van der Waals surface area contributed by atoms with Crippen LogP contribution in [0.15, 0.2) is 42.5 Å². The quantitative estimate of drug-likeness (QED) is 0.755. The fraction of sp³-hybridized carbons (Fsp3) is 0.350. The Balaban J connectivity index is 1.78. The van der Waals surface area contributed by atoms with Gasteiger partial charge in [0.1, 0.15) is 5.75 Å². The third-order valence-corrected chi connectivity index (χ3v) is 3.82. The minimum Gasteiger partial charge on any atom is -0.493 e. The summed E-state index contributed by atoms with van der Waals surface area (Å²) in [6, 6.07) is 14.1. The monoisotopic (exact) mass is 311 g/mol. The van der Waals surface area contributed by atoms with Gasteiger partial charge in [0.05, 0.1) is 6.61 Å². The van der Waals surface area contributed by atoms with E-state index in [0.717, 1.165) is 29.0 Å². The second-order valence-corrected chi connectivity index (χ2v) is 5.78. The van der Waals surface area contributed by atoms with Crippen LogP contribution in [-0.4, -0.2) is 12.5 Å². The van der Waals surface area contributed by atoms with Crippen LogP contribution in [0.1, 0.15) is 36.5 Å². The lowest BCUT2D eigenvalue weighted by Crippen LogP contribution is -2.14. The van der Waals surface area contributed by atoms with Gasteiger partial charge >= 0.3 is 0 Å². The van der Waals surface area contributed by atoms with Gasteiger partial charge in [-0.1, -0.05) is 37.3 Å². The number of para-hydroxylation sites is 1. The van der Waals surface area contributed by atoms with Crippen molar-refractivity contribution >= 4 is 11.6 Å². The van der Waals surface area contributed by atoms with Crippen LogP contribution in [0.3, 0.4) is 0 Å². The molecule has 0 fully saturated rings. The van der Waals surface area contributed by atoms with E-state index in [1.807, 2.05) is 44.2 Å². The first-order chi connectivity index (χ1) is 11.1. The molecular weight excluding hydrogens is 286 g/mol. The number of ether oxygens (including phenoxy) is 1. The van der Waals surface area contributed by atoms with Crippen LogP contribution in [0, 0.1) is 13.8 Å². The maximum absolute atomic E-state index is 12.0. The molecule has 3 heteroatoms. The molecule has 23 heavy (non-hydrogen) atoms. The van der Waals surface area contributed by atoms with E-state index in [1.54, 1.807) is 0 Å². The molecule has 1 amide bonds. The molecular formula is C20H25NO2. The lowest BCUT2D eigenvalue weighted by atomic mass is 10.1. The number of hydrogen-bond acceptors (Lipinski definition) is 2. The van der Waals surface area contributed by atoms with Gasteiger partial charge in [0.25, 0.3) is 0 Å². The zero-order valence-corrected chi connectivity index (χ0v) is 14.2. The molecule has 2 aromatic rings. The smallest absolute Gasteiger partial charge is 0.224 e. The molecule has 0 saturated heterocycles. The Morgan fingerprint density at radius 3 is 2.70 bits per heavy atom. The molecule has 0 unspecified atom stereocenters. The van der Waals surface area contributed by atoms with Crippen molar-refractivity contribution in [1.82, 2.24) is 0 Å². The Labute approximate surface area is 138 Å². The summed E-state index contributed by atoms with van der Waals surface area (Å²) >= 11 is 0. The third kappa shape index (κ3) is 5.13. The first-order valence-corrected chi connectivity index (χ1v) is 8.18. The number of hydrogen-bond donors (Lipinski definition) is 1. The molecule has 0 aromatic heterocycles. The summed E-state index contributed by atoms with van der Waals surface area (Å²) in [5.74, 6) is 0.942. The summed E-state index contributed by atoms with van der Waals surface area (Å²) in [6.07, 6.45) is 2.07. The fourth-order valence-electron chi connectivity index (χ4n) is 2.44. The molecule has 0 heterocycles. The van der Waals surface area contributed by atoms with Gasteiger partial charge in [-0.3, -0.25) is 4.79 Å². The lowest BCUT2D eigenvalue weighted by Gasteiger charge is -2.11. The van der Waals surface area contributed by atoms with Crippen LogP contribution in [0.5, 0.6) is 5.75 Å². The highest BCUT2D eigenvalue weighted by atomic mass is 16.5. The molecule has 1 N–H and O–H groups in total. The van der Waals surface area contributed by atoms with Gasteiger partial charge < -0.3 is 10.1 Å². The Kier molecular flexibility index (Phi) is 6.21. The maximum Gasteiger partial charge on any atom is 0.224 e. The maximum atomic E-state index is 12.0. The average Bonchev–Trinajstić information content (AvgIpc) is 2.55. The average molecular weight is 311 g/mol. The van der Waals surface area contributed by atoms with Crippen LogP contribution in [0.25, 0.3) is 0 Å². The molecule has 0 aliphatic heterocycles. The first-order valence-electron chi connectivity index (χ1n) is 8.18. The van der Waals surface area contributed by atoms with Crippen molar-refractivity contribution in [1.29, 1.82) is 0 Å². The minimum atomic E-state index is 0.0375. The number of amides is 1. The molecule has 0 aliphatic rings. The van der Waals surface area contributed by atoms with Crippen LogP contribution in [-0.2, 0) is 11.2 Å². The van der Waals surface area contributed by atoms with Gasteiger partial charge in [-0.15, -0.1) is 0 Å². The van der Waals surface area contributed by atoms with Crippen molar-refractivity contribution in [2.75, 3.05) is 11.9 Å². The second-order valence-electron chi connectivity index (χ2n) is 5.78. The van der Waals surface area contributed by atoms with Crippen LogP contribution < -0.4 is 10.1 Å². The van der Waals surface area contributed by atoms with Gasteiger partial charge in [-0.2, -0.15) is 0 Å².